The molecule has 1 saturated heterocycles. The molecule has 1 aliphatic rings. The largest absolute Gasteiger partial charge is 0.493 e. The molecule has 2 aromatic carbocycles. The van der Waals surface area contributed by atoms with E-state index in [1.165, 1.54) is 12.1 Å². The van der Waals surface area contributed by atoms with Gasteiger partial charge in [0, 0.05) is 55.4 Å². The van der Waals surface area contributed by atoms with Crippen molar-refractivity contribution in [2.45, 2.75) is 77.0 Å². The summed E-state index contributed by atoms with van der Waals surface area (Å²) in [6.45, 7) is 19.1. The number of carbonyl (C=O) groups is 1. The van der Waals surface area contributed by atoms with Crippen LogP contribution < -0.4 is 0 Å². The van der Waals surface area contributed by atoms with Crippen LogP contribution in [0.3, 0.4) is 0 Å². The molecular weight excluding hydrogens is 573 g/mol. The molecular formula is C32H43ClFN3O4Si. The molecule has 0 radical (unpaired) electrons. The molecule has 228 valence electrons. The molecule has 2 heterocycles. The lowest BCUT2D eigenvalue weighted by atomic mass is 9.73. The van der Waals surface area contributed by atoms with Gasteiger partial charge in [-0.05, 0) is 69.5 Å². The zero-order valence-corrected chi connectivity index (χ0v) is 27.4. The number of hydrogen-bond acceptors (Lipinski definition) is 5. The Balaban J connectivity index is 1.50. The first-order valence-corrected chi connectivity index (χ1v) is 18.5. The van der Waals surface area contributed by atoms with Gasteiger partial charge < -0.3 is 19.1 Å². The third-order valence-electron chi connectivity index (χ3n) is 7.49. The van der Waals surface area contributed by atoms with Crippen molar-refractivity contribution in [3.63, 3.8) is 0 Å². The topological polar surface area (TPSA) is 65.8 Å². The van der Waals surface area contributed by atoms with Crippen LogP contribution in [0, 0.1) is 5.82 Å². The van der Waals surface area contributed by atoms with Crippen molar-refractivity contribution in [1.82, 2.24) is 14.7 Å². The number of piperidine rings is 1. The Hall–Kier alpha value is -2.88. The highest BCUT2D eigenvalue weighted by Gasteiger charge is 2.39. The van der Waals surface area contributed by atoms with Crippen LogP contribution in [-0.2, 0) is 26.4 Å². The summed E-state index contributed by atoms with van der Waals surface area (Å²) in [5.41, 5.74) is 1.37. The van der Waals surface area contributed by atoms with Crippen LogP contribution in [0.1, 0.15) is 44.7 Å². The molecule has 42 heavy (non-hydrogen) atoms. The number of aromatic nitrogens is 2. The molecule has 7 nitrogen and oxygen atoms in total. The van der Waals surface area contributed by atoms with E-state index in [2.05, 4.69) is 26.2 Å². The Kier molecular flexibility index (Phi) is 9.74. The van der Waals surface area contributed by atoms with Crippen molar-refractivity contribution in [2.24, 2.45) is 0 Å². The molecule has 0 saturated carbocycles. The monoisotopic (exact) mass is 615 g/mol. The van der Waals surface area contributed by atoms with Crippen molar-refractivity contribution < 1.29 is 23.4 Å². The summed E-state index contributed by atoms with van der Waals surface area (Å²) in [5.74, 6) is 0.148. The molecule has 1 fully saturated rings. The number of benzene rings is 2. The van der Waals surface area contributed by atoms with Crippen LogP contribution in [0.25, 0.3) is 16.7 Å². The highest BCUT2D eigenvalue weighted by atomic mass is 35.5. The quantitative estimate of drug-likeness (QED) is 0.131. The summed E-state index contributed by atoms with van der Waals surface area (Å²) in [5, 5.41) is 6.18. The van der Waals surface area contributed by atoms with Gasteiger partial charge in [0.1, 0.15) is 29.4 Å². The maximum atomic E-state index is 13.8. The van der Waals surface area contributed by atoms with Gasteiger partial charge in [0.05, 0.1) is 6.61 Å². The van der Waals surface area contributed by atoms with Crippen LogP contribution in [0.15, 0.2) is 49.2 Å². The number of amides is 1. The summed E-state index contributed by atoms with van der Waals surface area (Å²) in [7, 11) is -1.18. The first kappa shape index (κ1) is 32.0. The lowest BCUT2D eigenvalue weighted by Crippen LogP contribution is -2.48. The molecule has 10 heteroatoms. The number of likely N-dealkylation sites (tertiary alicyclic amines) is 1. The number of rotatable bonds is 10. The van der Waals surface area contributed by atoms with Crippen LogP contribution in [-0.4, -0.2) is 60.8 Å². The normalized spacial score (nSPS) is 15.6. The Labute approximate surface area is 254 Å². The number of ether oxygens (including phenoxy) is 3. The molecule has 0 aliphatic carbocycles. The SMILES string of the molecule is C=C(OCC1(c2ccc(F)cc2)CCN(C(=O)OC(C)(C)C)CC1)c1cc(Cl)cc2cn(COCC[Si](C)(C)C)nc12. The Morgan fingerprint density at radius 3 is 2.43 bits per heavy atom. The van der Waals surface area contributed by atoms with E-state index in [0.717, 1.165) is 22.5 Å². The van der Waals surface area contributed by atoms with Crippen molar-refractivity contribution in [3.8, 4) is 0 Å². The average Bonchev–Trinajstić information content (AvgIpc) is 3.31. The minimum atomic E-state index is -1.18. The Bertz CT molecular complexity index is 1400. The van der Waals surface area contributed by atoms with E-state index in [1.54, 1.807) is 21.7 Å². The Morgan fingerprint density at radius 1 is 1.14 bits per heavy atom. The lowest BCUT2D eigenvalue weighted by Gasteiger charge is -2.42. The van der Waals surface area contributed by atoms with Crippen molar-refractivity contribution >= 4 is 42.4 Å². The first-order valence-electron chi connectivity index (χ1n) is 14.4. The number of fused-ring (bicyclic) bond motifs is 1. The number of hydrogen-bond donors (Lipinski definition) is 0. The van der Waals surface area contributed by atoms with Crippen molar-refractivity contribution in [3.05, 3.63) is 71.1 Å². The zero-order chi connectivity index (χ0) is 30.7. The number of carbonyl (C=O) groups excluding carboxylic acids is 1. The summed E-state index contributed by atoms with van der Waals surface area (Å²) < 4.78 is 33.5. The van der Waals surface area contributed by atoms with Gasteiger partial charge in [-0.2, -0.15) is 5.10 Å². The molecule has 0 N–H and O–H groups in total. The van der Waals surface area contributed by atoms with E-state index < -0.39 is 19.1 Å². The highest BCUT2D eigenvalue weighted by Crippen LogP contribution is 2.38. The molecule has 0 unspecified atom stereocenters. The van der Waals surface area contributed by atoms with Crippen LogP contribution in [0.2, 0.25) is 30.7 Å². The lowest BCUT2D eigenvalue weighted by molar-refractivity contribution is 0.0123. The molecule has 0 spiro atoms. The standard InChI is InChI=1S/C32H43ClFN3O4Si/c1-23(28-19-26(33)18-24-20-37(35-29(24)28)22-39-16-17-42(5,6)7)40-21-32(25-8-10-27(34)11-9-25)12-14-36(15-13-32)30(38)41-31(2,3)4/h8-11,18-20H,1,12-17,21-22H2,2-7H3. The van der Waals surface area contributed by atoms with Gasteiger partial charge in [0.2, 0.25) is 0 Å². The smallest absolute Gasteiger partial charge is 0.410 e. The van der Waals surface area contributed by atoms with Gasteiger partial charge in [-0.25, -0.2) is 13.9 Å². The maximum absolute atomic E-state index is 13.8. The molecule has 1 aliphatic heterocycles. The van der Waals surface area contributed by atoms with Crippen LogP contribution in [0.4, 0.5) is 9.18 Å². The van der Waals surface area contributed by atoms with Crippen LogP contribution >= 0.6 is 11.6 Å². The molecule has 1 amide bonds. The molecule has 0 atom stereocenters. The van der Waals surface area contributed by atoms with Gasteiger partial charge >= 0.3 is 6.09 Å². The third-order valence-corrected chi connectivity index (χ3v) is 9.41. The fraction of sp³-hybridized carbons (Fsp3) is 0.500. The molecule has 3 aromatic rings. The van der Waals surface area contributed by atoms with Gasteiger partial charge in [0.15, 0.2) is 0 Å². The highest BCUT2D eigenvalue weighted by molar-refractivity contribution is 6.76. The van der Waals surface area contributed by atoms with Crippen molar-refractivity contribution in [2.75, 3.05) is 26.3 Å². The summed E-state index contributed by atoms with van der Waals surface area (Å²) >= 11 is 6.49. The number of halogens is 2. The minimum absolute atomic E-state index is 0.299. The molecule has 0 bridgehead atoms. The van der Waals surface area contributed by atoms with Crippen molar-refractivity contribution in [1.29, 1.82) is 0 Å². The van der Waals surface area contributed by atoms with E-state index in [0.29, 0.717) is 62.2 Å². The fourth-order valence-corrected chi connectivity index (χ4v) is 6.01. The first-order chi connectivity index (χ1) is 19.6. The maximum Gasteiger partial charge on any atom is 0.410 e. The second kappa shape index (κ2) is 12.8. The Morgan fingerprint density at radius 2 is 1.81 bits per heavy atom. The summed E-state index contributed by atoms with van der Waals surface area (Å²) in [4.78, 5) is 14.4. The van der Waals surface area contributed by atoms with E-state index in [1.807, 2.05) is 39.1 Å². The van der Waals surface area contributed by atoms with E-state index in [-0.39, 0.29) is 11.9 Å². The van der Waals surface area contributed by atoms with Gasteiger partial charge in [0.25, 0.3) is 0 Å². The van der Waals surface area contributed by atoms with E-state index in [9.17, 15) is 9.18 Å². The minimum Gasteiger partial charge on any atom is -0.493 e. The molecule has 4 rings (SSSR count). The summed E-state index contributed by atoms with van der Waals surface area (Å²) in [6.07, 6.45) is 2.83. The summed E-state index contributed by atoms with van der Waals surface area (Å²) in [6, 6.07) is 11.3. The third kappa shape index (κ3) is 8.36. The van der Waals surface area contributed by atoms with Crippen LogP contribution in [0.5, 0.6) is 0 Å². The second-order valence-electron chi connectivity index (χ2n) is 13.4. The fourth-order valence-electron chi connectivity index (χ4n) is 5.03. The van der Waals surface area contributed by atoms with Gasteiger partial charge in [-0.15, -0.1) is 0 Å². The second-order valence-corrected chi connectivity index (χ2v) is 19.4. The van der Waals surface area contributed by atoms with Gasteiger partial charge in [-0.3, -0.25) is 0 Å². The number of nitrogens with zero attached hydrogens (tertiary/aromatic N) is 3. The van der Waals surface area contributed by atoms with E-state index in [4.69, 9.17) is 30.9 Å². The predicted molar refractivity (Wildman–Crippen MR) is 169 cm³/mol. The van der Waals surface area contributed by atoms with E-state index >= 15 is 0 Å². The zero-order valence-electron chi connectivity index (χ0n) is 25.6. The molecule has 1 aromatic heterocycles. The average molecular weight is 616 g/mol. The predicted octanol–water partition coefficient (Wildman–Crippen LogP) is 8.10. The van der Waals surface area contributed by atoms with Gasteiger partial charge in [-0.1, -0.05) is 50.0 Å².